The van der Waals surface area contributed by atoms with E-state index in [1.54, 1.807) is 0 Å². The molecule has 0 aromatic carbocycles. The van der Waals surface area contributed by atoms with E-state index < -0.39 is 0 Å². The minimum absolute atomic E-state index is 0. The van der Waals surface area contributed by atoms with Crippen LogP contribution in [0, 0.1) is 5.92 Å². The Morgan fingerprint density at radius 2 is 1.93 bits per heavy atom. The summed E-state index contributed by atoms with van der Waals surface area (Å²) in [6.45, 7) is 3.76. The van der Waals surface area contributed by atoms with E-state index in [1.807, 2.05) is 25.6 Å². The molecule has 0 bridgehead atoms. The van der Waals surface area contributed by atoms with Crippen molar-refractivity contribution >= 4 is 30.1 Å². The van der Waals surface area contributed by atoms with Gasteiger partial charge in [-0.15, -0.1) is 12.4 Å². The molecule has 1 fully saturated rings. The highest BCUT2D eigenvalue weighted by Gasteiger charge is 2.21. The second-order valence-corrected chi connectivity index (χ2v) is 5.27. The minimum atomic E-state index is -0.0791. The van der Waals surface area contributed by atoms with Gasteiger partial charge in [0.05, 0.1) is 0 Å². The lowest BCUT2D eigenvalue weighted by molar-refractivity contribution is -0.125. The molecule has 90 valence electrons. The lowest BCUT2D eigenvalue weighted by atomic mass is 10.0. The van der Waals surface area contributed by atoms with Gasteiger partial charge >= 0.3 is 0 Å². The molecule has 0 spiro atoms. The molecule has 1 aliphatic heterocycles. The van der Waals surface area contributed by atoms with Crippen molar-refractivity contribution in [2.75, 3.05) is 11.5 Å². The fourth-order valence-corrected chi connectivity index (χ4v) is 2.52. The standard InChI is InChI=1S/C10H20N2OS.ClH/c1-7(8(2)11)10(13)12-9-3-5-14-6-4-9;/h7-9H,3-6,11H2,1-2H3,(H,12,13);1H. The summed E-state index contributed by atoms with van der Waals surface area (Å²) in [4.78, 5) is 11.7. The first kappa shape index (κ1) is 15.1. The van der Waals surface area contributed by atoms with Crippen molar-refractivity contribution in [3.05, 3.63) is 0 Å². The average molecular weight is 253 g/mol. The first-order valence-electron chi connectivity index (χ1n) is 5.25. The lowest BCUT2D eigenvalue weighted by Gasteiger charge is -2.25. The summed E-state index contributed by atoms with van der Waals surface area (Å²) in [6, 6.07) is 0.318. The number of nitrogens with two attached hydrogens (primary N) is 1. The van der Waals surface area contributed by atoms with Crippen LogP contribution in [0.1, 0.15) is 26.7 Å². The summed E-state index contributed by atoms with van der Waals surface area (Å²) in [7, 11) is 0. The van der Waals surface area contributed by atoms with Crippen LogP contribution in [0.2, 0.25) is 0 Å². The largest absolute Gasteiger partial charge is 0.353 e. The third kappa shape index (κ3) is 5.09. The van der Waals surface area contributed by atoms with Crippen LogP contribution in [0.25, 0.3) is 0 Å². The molecule has 3 N–H and O–H groups in total. The fraction of sp³-hybridized carbons (Fsp3) is 0.900. The molecule has 1 aliphatic rings. The highest BCUT2D eigenvalue weighted by molar-refractivity contribution is 7.99. The van der Waals surface area contributed by atoms with E-state index in [9.17, 15) is 4.79 Å². The lowest BCUT2D eigenvalue weighted by Crippen LogP contribution is -2.44. The molecular weight excluding hydrogens is 232 g/mol. The van der Waals surface area contributed by atoms with Gasteiger partial charge in [0.15, 0.2) is 0 Å². The number of carbonyl (C=O) groups is 1. The fourth-order valence-electron chi connectivity index (χ4n) is 1.41. The molecule has 0 aromatic rings. The Balaban J connectivity index is 0.00000196. The van der Waals surface area contributed by atoms with E-state index in [0.29, 0.717) is 6.04 Å². The SMILES string of the molecule is CC(N)C(C)C(=O)NC1CCSCC1.Cl. The zero-order chi connectivity index (χ0) is 10.6. The maximum atomic E-state index is 11.7. The Labute approximate surface area is 102 Å². The van der Waals surface area contributed by atoms with Gasteiger partial charge < -0.3 is 11.1 Å². The van der Waals surface area contributed by atoms with Crippen LogP contribution in [-0.4, -0.2) is 29.5 Å². The molecule has 5 heteroatoms. The second-order valence-electron chi connectivity index (χ2n) is 4.04. The number of amides is 1. The van der Waals surface area contributed by atoms with E-state index in [4.69, 9.17) is 5.73 Å². The van der Waals surface area contributed by atoms with Crippen LogP contribution in [0.4, 0.5) is 0 Å². The van der Waals surface area contributed by atoms with Crippen molar-refractivity contribution in [2.45, 2.75) is 38.8 Å². The maximum Gasteiger partial charge on any atom is 0.224 e. The molecule has 15 heavy (non-hydrogen) atoms. The average Bonchev–Trinajstić information content (AvgIpc) is 2.18. The van der Waals surface area contributed by atoms with Crippen molar-refractivity contribution in [1.29, 1.82) is 0 Å². The predicted molar refractivity (Wildman–Crippen MR) is 68.6 cm³/mol. The second kappa shape index (κ2) is 7.36. The van der Waals surface area contributed by atoms with Crippen LogP contribution >= 0.6 is 24.2 Å². The molecule has 1 saturated heterocycles. The summed E-state index contributed by atoms with van der Waals surface area (Å²) in [6.07, 6.45) is 2.20. The summed E-state index contributed by atoms with van der Waals surface area (Å²) in [5.74, 6) is 2.36. The normalized spacial score (nSPS) is 21.3. The number of hydrogen-bond acceptors (Lipinski definition) is 3. The van der Waals surface area contributed by atoms with Crippen LogP contribution in [0.3, 0.4) is 0 Å². The first-order chi connectivity index (χ1) is 6.61. The van der Waals surface area contributed by atoms with Gasteiger partial charge in [0.1, 0.15) is 0 Å². The molecule has 2 unspecified atom stereocenters. The van der Waals surface area contributed by atoms with Gasteiger partial charge in [-0.25, -0.2) is 0 Å². The van der Waals surface area contributed by atoms with Gasteiger partial charge in [-0.1, -0.05) is 6.92 Å². The number of hydrogen-bond donors (Lipinski definition) is 2. The van der Waals surface area contributed by atoms with Crippen molar-refractivity contribution < 1.29 is 4.79 Å². The molecule has 2 atom stereocenters. The van der Waals surface area contributed by atoms with E-state index in [0.717, 1.165) is 24.3 Å². The van der Waals surface area contributed by atoms with E-state index in [2.05, 4.69) is 5.32 Å². The van der Waals surface area contributed by atoms with E-state index in [-0.39, 0.29) is 30.3 Å². The van der Waals surface area contributed by atoms with Gasteiger partial charge in [-0.3, -0.25) is 4.79 Å². The minimum Gasteiger partial charge on any atom is -0.353 e. The molecule has 0 aromatic heterocycles. The molecule has 0 saturated carbocycles. The smallest absolute Gasteiger partial charge is 0.224 e. The monoisotopic (exact) mass is 252 g/mol. The molecular formula is C10H21ClN2OS. The number of carbonyl (C=O) groups excluding carboxylic acids is 1. The van der Waals surface area contributed by atoms with Crippen molar-refractivity contribution in [3.8, 4) is 0 Å². The third-order valence-corrected chi connectivity index (χ3v) is 3.82. The Morgan fingerprint density at radius 1 is 1.40 bits per heavy atom. The van der Waals surface area contributed by atoms with Gasteiger partial charge in [0.2, 0.25) is 5.91 Å². The number of thioether (sulfide) groups is 1. The van der Waals surface area contributed by atoms with Gasteiger partial charge in [0, 0.05) is 18.0 Å². The number of nitrogens with one attached hydrogen (secondary N) is 1. The Bertz CT molecular complexity index is 196. The first-order valence-corrected chi connectivity index (χ1v) is 6.40. The van der Waals surface area contributed by atoms with Gasteiger partial charge in [-0.05, 0) is 31.3 Å². The Kier molecular flexibility index (Phi) is 7.40. The molecule has 1 rings (SSSR count). The highest BCUT2D eigenvalue weighted by Crippen LogP contribution is 2.17. The summed E-state index contributed by atoms with van der Waals surface area (Å²) in [5, 5.41) is 3.07. The molecule has 0 aliphatic carbocycles. The van der Waals surface area contributed by atoms with Crippen LogP contribution in [0.5, 0.6) is 0 Å². The van der Waals surface area contributed by atoms with Gasteiger partial charge in [-0.2, -0.15) is 11.8 Å². The number of halogens is 1. The van der Waals surface area contributed by atoms with Crippen molar-refractivity contribution in [3.63, 3.8) is 0 Å². The Hall–Kier alpha value is 0.0700. The molecule has 3 nitrogen and oxygen atoms in total. The molecule has 1 heterocycles. The molecule has 1 amide bonds. The third-order valence-electron chi connectivity index (χ3n) is 2.77. The van der Waals surface area contributed by atoms with Crippen molar-refractivity contribution in [2.24, 2.45) is 11.7 Å². The van der Waals surface area contributed by atoms with E-state index >= 15 is 0 Å². The van der Waals surface area contributed by atoms with Crippen LogP contribution < -0.4 is 11.1 Å². The maximum absolute atomic E-state index is 11.7. The quantitative estimate of drug-likeness (QED) is 0.799. The Morgan fingerprint density at radius 3 is 2.40 bits per heavy atom. The summed E-state index contributed by atoms with van der Waals surface area (Å²) in [5.41, 5.74) is 5.68. The van der Waals surface area contributed by atoms with E-state index in [1.165, 1.54) is 0 Å². The predicted octanol–water partition coefficient (Wildman–Crippen LogP) is 1.40. The van der Waals surface area contributed by atoms with Gasteiger partial charge in [0.25, 0.3) is 0 Å². The summed E-state index contributed by atoms with van der Waals surface area (Å²) >= 11 is 1.96. The highest BCUT2D eigenvalue weighted by atomic mass is 35.5. The zero-order valence-electron chi connectivity index (χ0n) is 9.36. The number of rotatable bonds is 3. The topological polar surface area (TPSA) is 55.1 Å². The zero-order valence-corrected chi connectivity index (χ0v) is 11.0. The molecule has 0 radical (unpaired) electrons. The summed E-state index contributed by atoms with van der Waals surface area (Å²) < 4.78 is 0. The van der Waals surface area contributed by atoms with Crippen molar-refractivity contribution in [1.82, 2.24) is 5.32 Å². The van der Waals surface area contributed by atoms with Crippen LogP contribution in [-0.2, 0) is 4.79 Å². The van der Waals surface area contributed by atoms with Crippen LogP contribution in [0.15, 0.2) is 0 Å².